The van der Waals surface area contributed by atoms with Gasteiger partial charge in [0.1, 0.15) is 18.5 Å². The van der Waals surface area contributed by atoms with E-state index >= 15 is 0 Å². The summed E-state index contributed by atoms with van der Waals surface area (Å²) in [6.45, 7) is 5.10. The second-order valence-corrected chi connectivity index (χ2v) is 4.76. The van der Waals surface area contributed by atoms with Crippen molar-refractivity contribution in [3.63, 3.8) is 0 Å². The third-order valence-electron chi connectivity index (χ3n) is 3.37. The molecular formula is C15H19N3O2. The molecule has 0 saturated heterocycles. The Kier molecular flexibility index (Phi) is 3.87. The summed E-state index contributed by atoms with van der Waals surface area (Å²) in [5.74, 6) is 2.69. The summed E-state index contributed by atoms with van der Waals surface area (Å²) in [4.78, 5) is 4.33. The van der Waals surface area contributed by atoms with Crippen molar-refractivity contribution in [1.29, 1.82) is 0 Å². The van der Waals surface area contributed by atoms with Crippen LogP contribution in [0.25, 0.3) is 0 Å². The zero-order valence-corrected chi connectivity index (χ0v) is 11.6. The van der Waals surface area contributed by atoms with Crippen molar-refractivity contribution in [1.82, 2.24) is 14.9 Å². The van der Waals surface area contributed by atoms with Crippen LogP contribution < -0.4 is 14.8 Å². The Balaban J connectivity index is 1.51. The number of rotatable bonds is 5. The highest BCUT2D eigenvalue weighted by molar-refractivity contribution is 5.40. The first kappa shape index (κ1) is 13.0. The lowest BCUT2D eigenvalue weighted by atomic mass is 10.2. The SMILES string of the molecule is CCn1ccnc1CNCC1COc2ccccc2O1. The minimum absolute atomic E-state index is 0.0370. The second kappa shape index (κ2) is 5.96. The molecule has 0 radical (unpaired) electrons. The van der Waals surface area contributed by atoms with E-state index in [1.165, 1.54) is 0 Å². The van der Waals surface area contributed by atoms with Crippen molar-refractivity contribution in [2.45, 2.75) is 26.1 Å². The van der Waals surface area contributed by atoms with Gasteiger partial charge >= 0.3 is 0 Å². The zero-order valence-electron chi connectivity index (χ0n) is 11.6. The molecule has 1 aliphatic heterocycles. The lowest BCUT2D eigenvalue weighted by Gasteiger charge is -2.26. The van der Waals surface area contributed by atoms with Gasteiger partial charge in [0.25, 0.3) is 0 Å². The summed E-state index contributed by atoms with van der Waals surface area (Å²) in [7, 11) is 0. The lowest BCUT2D eigenvalue weighted by Crippen LogP contribution is -2.38. The predicted molar refractivity (Wildman–Crippen MR) is 76.0 cm³/mol. The fraction of sp³-hybridized carbons (Fsp3) is 0.400. The molecule has 1 aliphatic rings. The van der Waals surface area contributed by atoms with Crippen molar-refractivity contribution in [3.05, 3.63) is 42.5 Å². The van der Waals surface area contributed by atoms with Crippen molar-refractivity contribution in [3.8, 4) is 11.5 Å². The van der Waals surface area contributed by atoms with E-state index in [2.05, 4.69) is 21.8 Å². The van der Waals surface area contributed by atoms with E-state index in [0.29, 0.717) is 6.61 Å². The van der Waals surface area contributed by atoms with Crippen LogP contribution in [0.1, 0.15) is 12.7 Å². The van der Waals surface area contributed by atoms with Crippen LogP contribution in [0.3, 0.4) is 0 Å². The fourth-order valence-electron chi connectivity index (χ4n) is 2.30. The Bertz CT molecular complexity index is 568. The van der Waals surface area contributed by atoms with Crippen LogP contribution in [0.15, 0.2) is 36.7 Å². The maximum atomic E-state index is 5.89. The normalized spacial score (nSPS) is 17.1. The average molecular weight is 273 g/mol. The zero-order chi connectivity index (χ0) is 13.8. The number of hydrogen-bond acceptors (Lipinski definition) is 4. The van der Waals surface area contributed by atoms with Gasteiger partial charge in [-0.1, -0.05) is 12.1 Å². The van der Waals surface area contributed by atoms with Crippen molar-refractivity contribution in [2.24, 2.45) is 0 Å². The van der Waals surface area contributed by atoms with Gasteiger partial charge in [-0.3, -0.25) is 0 Å². The molecule has 0 amide bonds. The molecule has 1 N–H and O–H groups in total. The molecule has 5 heteroatoms. The van der Waals surface area contributed by atoms with Crippen LogP contribution in [-0.2, 0) is 13.1 Å². The Morgan fingerprint density at radius 2 is 2.20 bits per heavy atom. The first-order valence-electron chi connectivity index (χ1n) is 6.96. The molecular weight excluding hydrogens is 254 g/mol. The van der Waals surface area contributed by atoms with Gasteiger partial charge in [0.2, 0.25) is 0 Å². The summed E-state index contributed by atoms with van der Waals surface area (Å²) in [5, 5.41) is 3.37. The molecule has 0 bridgehead atoms. The number of hydrogen-bond donors (Lipinski definition) is 1. The van der Waals surface area contributed by atoms with E-state index in [-0.39, 0.29) is 6.10 Å². The quantitative estimate of drug-likeness (QED) is 0.903. The van der Waals surface area contributed by atoms with Crippen LogP contribution in [0.2, 0.25) is 0 Å². The van der Waals surface area contributed by atoms with Gasteiger partial charge in [-0.2, -0.15) is 0 Å². The highest BCUT2D eigenvalue weighted by Crippen LogP contribution is 2.30. The van der Waals surface area contributed by atoms with E-state index in [1.54, 1.807) is 0 Å². The summed E-state index contributed by atoms with van der Waals surface area (Å²) in [5.41, 5.74) is 0. The summed E-state index contributed by atoms with van der Waals surface area (Å²) < 4.78 is 13.7. The molecule has 0 aliphatic carbocycles. The van der Waals surface area contributed by atoms with Crippen LogP contribution in [0, 0.1) is 0 Å². The Morgan fingerprint density at radius 3 is 3.05 bits per heavy atom. The Hall–Kier alpha value is -2.01. The smallest absolute Gasteiger partial charge is 0.161 e. The van der Waals surface area contributed by atoms with Crippen LogP contribution in [0.5, 0.6) is 11.5 Å². The van der Waals surface area contributed by atoms with Crippen LogP contribution >= 0.6 is 0 Å². The van der Waals surface area contributed by atoms with Gasteiger partial charge in [0.15, 0.2) is 11.5 Å². The second-order valence-electron chi connectivity index (χ2n) is 4.76. The molecule has 5 nitrogen and oxygen atoms in total. The van der Waals surface area contributed by atoms with E-state index in [0.717, 1.165) is 37.0 Å². The van der Waals surface area contributed by atoms with E-state index in [9.17, 15) is 0 Å². The molecule has 0 saturated carbocycles. The van der Waals surface area contributed by atoms with Gasteiger partial charge in [-0.15, -0.1) is 0 Å². The number of imidazole rings is 1. The number of aromatic nitrogens is 2. The van der Waals surface area contributed by atoms with Crippen LogP contribution in [-0.4, -0.2) is 28.8 Å². The number of fused-ring (bicyclic) bond motifs is 1. The molecule has 0 fully saturated rings. The van der Waals surface area contributed by atoms with Gasteiger partial charge in [-0.25, -0.2) is 4.98 Å². The average Bonchev–Trinajstić information content (AvgIpc) is 2.95. The minimum Gasteiger partial charge on any atom is -0.486 e. The molecule has 2 aromatic rings. The number of nitrogens with one attached hydrogen (secondary N) is 1. The number of nitrogens with zero attached hydrogens (tertiary/aromatic N) is 2. The van der Waals surface area contributed by atoms with Crippen molar-refractivity contribution in [2.75, 3.05) is 13.2 Å². The number of para-hydroxylation sites is 2. The maximum Gasteiger partial charge on any atom is 0.161 e. The molecule has 3 rings (SSSR count). The van der Waals surface area contributed by atoms with Crippen LogP contribution in [0.4, 0.5) is 0 Å². The van der Waals surface area contributed by atoms with Gasteiger partial charge in [-0.05, 0) is 19.1 Å². The number of ether oxygens (including phenoxy) is 2. The molecule has 0 spiro atoms. The standard InChI is InChI=1S/C15H19N3O2/c1-2-18-8-7-17-15(18)10-16-9-12-11-19-13-5-3-4-6-14(13)20-12/h3-8,12,16H,2,9-11H2,1H3. The van der Waals surface area contributed by atoms with Gasteiger partial charge < -0.3 is 19.4 Å². The first-order valence-corrected chi connectivity index (χ1v) is 6.96. The number of aryl methyl sites for hydroxylation is 1. The molecule has 20 heavy (non-hydrogen) atoms. The molecule has 1 unspecified atom stereocenters. The monoisotopic (exact) mass is 273 g/mol. The molecule has 106 valence electrons. The summed E-state index contributed by atoms with van der Waals surface area (Å²) in [6, 6.07) is 7.77. The number of benzene rings is 1. The topological polar surface area (TPSA) is 48.3 Å². The van der Waals surface area contributed by atoms with E-state index in [4.69, 9.17) is 9.47 Å². The predicted octanol–water partition coefficient (Wildman–Crippen LogP) is 1.83. The summed E-state index contributed by atoms with van der Waals surface area (Å²) >= 11 is 0. The Morgan fingerprint density at radius 1 is 1.35 bits per heavy atom. The fourth-order valence-corrected chi connectivity index (χ4v) is 2.30. The maximum absolute atomic E-state index is 5.89. The highest BCUT2D eigenvalue weighted by Gasteiger charge is 2.20. The molecule has 1 aromatic heterocycles. The van der Waals surface area contributed by atoms with Gasteiger partial charge in [0, 0.05) is 25.5 Å². The van der Waals surface area contributed by atoms with Gasteiger partial charge in [0.05, 0.1) is 6.54 Å². The highest BCUT2D eigenvalue weighted by atomic mass is 16.6. The lowest BCUT2D eigenvalue weighted by molar-refractivity contribution is 0.0900. The molecule has 1 atom stereocenters. The summed E-state index contributed by atoms with van der Waals surface area (Å²) in [6.07, 6.45) is 3.86. The third-order valence-corrected chi connectivity index (χ3v) is 3.37. The largest absolute Gasteiger partial charge is 0.486 e. The van der Waals surface area contributed by atoms with Crippen molar-refractivity contribution >= 4 is 0 Å². The first-order chi connectivity index (χ1) is 9.86. The van der Waals surface area contributed by atoms with E-state index in [1.807, 2.05) is 36.7 Å². The third kappa shape index (κ3) is 2.77. The molecule has 2 heterocycles. The minimum atomic E-state index is 0.0370. The van der Waals surface area contributed by atoms with E-state index < -0.39 is 0 Å². The Labute approximate surface area is 118 Å². The van der Waals surface area contributed by atoms with Crippen molar-refractivity contribution < 1.29 is 9.47 Å². The molecule has 1 aromatic carbocycles.